The number of hydrogen-bond acceptors (Lipinski definition) is 1. The smallest absolute Gasteiger partial charge is 0.0471 e. The molecular formula is C22H26O. The lowest BCUT2D eigenvalue weighted by Gasteiger charge is -2.77. The fraction of sp³-hybridized carbons (Fsp3) is 0.455. The van der Waals surface area contributed by atoms with Crippen molar-refractivity contribution in [2.24, 2.45) is 11.8 Å². The fourth-order valence-electron chi connectivity index (χ4n) is 5.78. The van der Waals surface area contributed by atoms with Crippen LogP contribution in [0.2, 0.25) is 0 Å². The van der Waals surface area contributed by atoms with Gasteiger partial charge in [-0.25, -0.2) is 0 Å². The Morgan fingerprint density at radius 2 is 1.26 bits per heavy atom. The van der Waals surface area contributed by atoms with Crippen molar-refractivity contribution in [3.8, 4) is 0 Å². The highest BCUT2D eigenvalue weighted by Crippen LogP contribution is 2.76. The molecule has 0 heterocycles. The number of benzene rings is 2. The van der Waals surface area contributed by atoms with Gasteiger partial charge in [0.05, 0.1) is 0 Å². The summed E-state index contributed by atoms with van der Waals surface area (Å²) < 4.78 is 0. The van der Waals surface area contributed by atoms with Gasteiger partial charge in [-0.15, -0.1) is 0 Å². The van der Waals surface area contributed by atoms with Crippen LogP contribution in [-0.4, -0.2) is 11.7 Å². The summed E-state index contributed by atoms with van der Waals surface area (Å²) in [4.78, 5) is 0. The van der Waals surface area contributed by atoms with E-state index in [9.17, 15) is 5.11 Å². The van der Waals surface area contributed by atoms with Crippen LogP contribution in [0.3, 0.4) is 0 Å². The fourth-order valence-corrected chi connectivity index (χ4v) is 5.78. The number of rotatable bonds is 3. The summed E-state index contributed by atoms with van der Waals surface area (Å²) in [5, 5.41) is 10.1. The van der Waals surface area contributed by atoms with Gasteiger partial charge in [0.2, 0.25) is 0 Å². The van der Waals surface area contributed by atoms with Gasteiger partial charge in [0, 0.05) is 17.4 Å². The van der Waals surface area contributed by atoms with E-state index in [4.69, 9.17) is 0 Å². The molecule has 2 aliphatic rings. The molecule has 0 radical (unpaired) electrons. The Morgan fingerprint density at radius 3 is 1.65 bits per heavy atom. The summed E-state index contributed by atoms with van der Waals surface area (Å²) in [5.74, 6) is 0.908. The van der Waals surface area contributed by atoms with E-state index >= 15 is 0 Å². The molecule has 0 saturated heterocycles. The zero-order valence-corrected chi connectivity index (χ0v) is 14.3. The molecule has 1 nitrogen and oxygen atoms in total. The van der Waals surface area contributed by atoms with E-state index in [0.29, 0.717) is 18.4 Å². The zero-order chi connectivity index (χ0) is 16.2. The third-order valence-corrected chi connectivity index (χ3v) is 7.05. The van der Waals surface area contributed by atoms with Crippen molar-refractivity contribution in [2.75, 3.05) is 6.61 Å². The monoisotopic (exact) mass is 306 g/mol. The topological polar surface area (TPSA) is 20.2 Å². The van der Waals surface area contributed by atoms with Gasteiger partial charge in [-0.05, 0) is 49.7 Å². The average molecular weight is 306 g/mol. The zero-order valence-electron chi connectivity index (χ0n) is 14.3. The molecule has 0 amide bonds. The molecule has 2 aromatic carbocycles. The summed E-state index contributed by atoms with van der Waals surface area (Å²) in [5.41, 5.74) is 5.85. The highest BCUT2D eigenvalue weighted by atomic mass is 16.3. The van der Waals surface area contributed by atoms with Gasteiger partial charge < -0.3 is 5.11 Å². The van der Waals surface area contributed by atoms with Gasteiger partial charge >= 0.3 is 0 Å². The summed E-state index contributed by atoms with van der Waals surface area (Å²) >= 11 is 0. The van der Waals surface area contributed by atoms with Crippen LogP contribution in [0, 0.1) is 25.7 Å². The molecule has 1 heteroatoms. The second-order valence-corrected chi connectivity index (χ2v) is 7.75. The molecule has 4 atom stereocenters. The Kier molecular flexibility index (Phi) is 3.22. The van der Waals surface area contributed by atoms with Gasteiger partial charge in [-0.2, -0.15) is 0 Å². The van der Waals surface area contributed by atoms with Crippen molar-refractivity contribution in [3.63, 3.8) is 0 Å². The second-order valence-electron chi connectivity index (χ2n) is 7.75. The quantitative estimate of drug-likeness (QED) is 0.883. The molecule has 2 fully saturated rings. The largest absolute Gasteiger partial charge is 0.396 e. The lowest BCUT2D eigenvalue weighted by Crippen LogP contribution is -2.77. The van der Waals surface area contributed by atoms with Crippen LogP contribution in [0.1, 0.15) is 42.0 Å². The molecule has 2 aliphatic carbocycles. The summed E-state index contributed by atoms with van der Waals surface area (Å²) in [6.45, 7) is 6.92. The molecule has 4 rings (SSSR count). The van der Waals surface area contributed by atoms with Crippen LogP contribution < -0.4 is 0 Å². The SMILES string of the molecule is Cc1ccc([C@]23CC[C@@]2(c2ccc(C)cc2)[C@H](CO)[C@@H]3C)cc1. The van der Waals surface area contributed by atoms with Crippen LogP contribution in [0.25, 0.3) is 0 Å². The first-order chi connectivity index (χ1) is 11.1. The minimum atomic E-state index is 0.129. The Bertz CT molecular complexity index is 715. The van der Waals surface area contributed by atoms with E-state index in [0.717, 1.165) is 0 Å². The molecule has 0 aromatic heterocycles. The maximum Gasteiger partial charge on any atom is 0.0471 e. The van der Waals surface area contributed by atoms with Crippen LogP contribution in [0.5, 0.6) is 0 Å². The molecule has 0 spiro atoms. The number of aliphatic hydroxyl groups is 1. The maximum atomic E-state index is 10.1. The highest BCUT2D eigenvalue weighted by molar-refractivity contribution is 5.52. The van der Waals surface area contributed by atoms with Crippen LogP contribution in [-0.2, 0) is 10.8 Å². The Balaban J connectivity index is 1.85. The second kappa shape index (κ2) is 4.95. The van der Waals surface area contributed by atoms with E-state index in [1.54, 1.807) is 0 Å². The van der Waals surface area contributed by atoms with Crippen LogP contribution >= 0.6 is 0 Å². The van der Waals surface area contributed by atoms with E-state index < -0.39 is 0 Å². The number of fused-ring (bicyclic) bond motifs is 1. The van der Waals surface area contributed by atoms with E-state index in [-0.39, 0.29) is 10.8 Å². The van der Waals surface area contributed by atoms with Gasteiger partial charge in [-0.3, -0.25) is 0 Å². The summed E-state index contributed by atoms with van der Waals surface area (Å²) in [6.07, 6.45) is 2.43. The number of aliphatic hydroxyl groups excluding tert-OH is 1. The first-order valence-corrected chi connectivity index (χ1v) is 8.81. The van der Waals surface area contributed by atoms with Crippen molar-refractivity contribution >= 4 is 0 Å². The van der Waals surface area contributed by atoms with E-state index in [2.05, 4.69) is 69.3 Å². The van der Waals surface area contributed by atoms with E-state index in [1.165, 1.54) is 35.1 Å². The Morgan fingerprint density at radius 1 is 0.826 bits per heavy atom. The molecular weight excluding hydrogens is 280 g/mol. The molecule has 0 bridgehead atoms. The molecule has 23 heavy (non-hydrogen) atoms. The predicted octanol–water partition coefficient (Wildman–Crippen LogP) is 4.53. The summed E-state index contributed by atoms with van der Waals surface area (Å²) in [7, 11) is 0. The van der Waals surface area contributed by atoms with Crippen molar-refractivity contribution in [1.29, 1.82) is 0 Å². The molecule has 120 valence electrons. The van der Waals surface area contributed by atoms with Crippen LogP contribution in [0.15, 0.2) is 48.5 Å². The summed E-state index contributed by atoms with van der Waals surface area (Å²) in [6, 6.07) is 18.2. The first kappa shape index (κ1) is 15.0. The number of aryl methyl sites for hydroxylation is 2. The van der Waals surface area contributed by atoms with Gasteiger partial charge in [0.25, 0.3) is 0 Å². The number of hydrogen-bond donors (Lipinski definition) is 1. The third kappa shape index (κ3) is 1.67. The van der Waals surface area contributed by atoms with Gasteiger partial charge in [0.15, 0.2) is 0 Å². The average Bonchev–Trinajstić information content (AvgIpc) is 2.54. The molecule has 0 aliphatic heterocycles. The van der Waals surface area contributed by atoms with Gasteiger partial charge in [-0.1, -0.05) is 66.6 Å². The lowest BCUT2D eigenvalue weighted by atomic mass is 9.26. The highest BCUT2D eigenvalue weighted by Gasteiger charge is 2.75. The molecule has 0 unspecified atom stereocenters. The molecule has 1 N–H and O–H groups in total. The minimum Gasteiger partial charge on any atom is -0.396 e. The van der Waals surface area contributed by atoms with Crippen LogP contribution in [0.4, 0.5) is 0 Å². The van der Waals surface area contributed by atoms with Crippen molar-refractivity contribution in [3.05, 3.63) is 70.8 Å². The van der Waals surface area contributed by atoms with E-state index in [1.807, 2.05) is 0 Å². The lowest BCUT2D eigenvalue weighted by molar-refractivity contribution is -0.178. The maximum absolute atomic E-state index is 10.1. The standard InChI is InChI=1S/C22H26O/c1-15-4-8-18(9-5-15)21-12-13-22(21,20(14-23)17(21)3)19-10-6-16(2)7-11-19/h4-11,17,20,23H,12-14H2,1-3H3/t17-,20+,21+,22+/m0/s1. The van der Waals surface area contributed by atoms with Crippen molar-refractivity contribution in [1.82, 2.24) is 0 Å². The third-order valence-electron chi connectivity index (χ3n) is 7.05. The predicted molar refractivity (Wildman–Crippen MR) is 94.7 cm³/mol. The normalized spacial score (nSPS) is 35.1. The Labute approximate surface area is 139 Å². The van der Waals surface area contributed by atoms with Crippen molar-refractivity contribution < 1.29 is 5.11 Å². The molecule has 2 saturated carbocycles. The first-order valence-electron chi connectivity index (χ1n) is 8.81. The molecule has 2 aromatic rings. The Hall–Kier alpha value is -1.60. The van der Waals surface area contributed by atoms with Gasteiger partial charge in [0.1, 0.15) is 0 Å². The van der Waals surface area contributed by atoms with Crippen molar-refractivity contribution in [2.45, 2.75) is 44.4 Å². The minimum absolute atomic E-state index is 0.129.